The lowest BCUT2D eigenvalue weighted by molar-refractivity contribution is -0.137. The van der Waals surface area contributed by atoms with Gasteiger partial charge in [0.2, 0.25) is 0 Å². The largest absolute Gasteiger partial charge is 0.481 e. The number of carbonyl (C=O) groups is 1. The number of hydrogen-bond donors (Lipinski definition) is 1. The first-order chi connectivity index (χ1) is 9.66. The SMILES string of the molecule is CCCCCCCCCCCC(C)CCCCC(=O)O. The Hall–Kier alpha value is -0.530. The van der Waals surface area contributed by atoms with E-state index in [1.54, 1.807) is 0 Å². The molecule has 0 aromatic rings. The Labute approximate surface area is 126 Å². The van der Waals surface area contributed by atoms with Crippen molar-refractivity contribution < 1.29 is 9.90 Å². The zero-order valence-corrected chi connectivity index (χ0v) is 13.8. The molecule has 0 fully saturated rings. The fourth-order valence-electron chi connectivity index (χ4n) is 2.72. The molecular formula is C18H36O2. The molecule has 0 aromatic carbocycles. The number of carboxylic acid groups (broad SMARTS) is 1. The second-order valence-electron chi connectivity index (χ2n) is 6.36. The molecule has 2 nitrogen and oxygen atoms in total. The maximum absolute atomic E-state index is 10.4. The van der Waals surface area contributed by atoms with Crippen LogP contribution in [0.1, 0.15) is 104 Å². The Balaban J connectivity index is 3.15. The second kappa shape index (κ2) is 14.9. The van der Waals surface area contributed by atoms with E-state index in [1.807, 2.05) is 0 Å². The van der Waals surface area contributed by atoms with E-state index in [9.17, 15) is 4.79 Å². The van der Waals surface area contributed by atoms with Gasteiger partial charge in [-0.2, -0.15) is 0 Å². The third kappa shape index (κ3) is 15.5. The first-order valence-corrected chi connectivity index (χ1v) is 8.88. The predicted octanol–water partition coefficient (Wildman–Crippen LogP) is 6.19. The molecule has 0 spiro atoms. The summed E-state index contributed by atoms with van der Waals surface area (Å²) in [7, 11) is 0. The minimum atomic E-state index is -0.656. The smallest absolute Gasteiger partial charge is 0.303 e. The van der Waals surface area contributed by atoms with Gasteiger partial charge >= 0.3 is 5.97 Å². The average Bonchev–Trinajstić information content (AvgIpc) is 2.41. The third-order valence-corrected chi connectivity index (χ3v) is 4.14. The van der Waals surface area contributed by atoms with Gasteiger partial charge in [-0.3, -0.25) is 4.79 Å². The molecule has 20 heavy (non-hydrogen) atoms. The van der Waals surface area contributed by atoms with E-state index in [0.29, 0.717) is 6.42 Å². The molecule has 0 amide bonds. The van der Waals surface area contributed by atoms with Crippen LogP contribution in [0.25, 0.3) is 0 Å². The van der Waals surface area contributed by atoms with Crippen molar-refractivity contribution in [1.82, 2.24) is 0 Å². The maximum atomic E-state index is 10.4. The van der Waals surface area contributed by atoms with Crippen LogP contribution in [-0.2, 0) is 4.79 Å². The standard InChI is InChI=1S/C18H36O2/c1-3-4-5-6-7-8-9-10-11-14-17(2)15-12-13-16-18(19)20/h17H,3-16H2,1-2H3,(H,19,20). The summed E-state index contributed by atoms with van der Waals surface area (Å²) >= 11 is 0. The second-order valence-corrected chi connectivity index (χ2v) is 6.36. The van der Waals surface area contributed by atoms with Crippen molar-refractivity contribution in [2.75, 3.05) is 0 Å². The van der Waals surface area contributed by atoms with E-state index < -0.39 is 5.97 Å². The predicted molar refractivity (Wildman–Crippen MR) is 87.1 cm³/mol. The normalized spacial score (nSPS) is 12.5. The molecule has 0 heterocycles. The summed E-state index contributed by atoms with van der Waals surface area (Å²) in [5.74, 6) is 0.116. The lowest BCUT2D eigenvalue weighted by atomic mass is 9.96. The van der Waals surface area contributed by atoms with E-state index in [2.05, 4.69) is 13.8 Å². The van der Waals surface area contributed by atoms with Crippen LogP contribution in [0.15, 0.2) is 0 Å². The fraction of sp³-hybridized carbons (Fsp3) is 0.944. The molecule has 0 aliphatic rings. The molecule has 0 bridgehead atoms. The van der Waals surface area contributed by atoms with Gasteiger partial charge in [-0.15, -0.1) is 0 Å². The molecule has 120 valence electrons. The molecule has 0 saturated carbocycles. The number of aliphatic carboxylic acids is 1. The highest BCUT2D eigenvalue weighted by Crippen LogP contribution is 2.18. The highest BCUT2D eigenvalue weighted by Gasteiger charge is 2.03. The Morgan fingerprint density at radius 2 is 1.25 bits per heavy atom. The summed E-state index contributed by atoms with van der Waals surface area (Å²) in [6.07, 6.45) is 17.3. The van der Waals surface area contributed by atoms with Crippen LogP contribution < -0.4 is 0 Å². The Morgan fingerprint density at radius 1 is 0.800 bits per heavy atom. The van der Waals surface area contributed by atoms with Crippen LogP contribution in [0.4, 0.5) is 0 Å². The van der Waals surface area contributed by atoms with Gasteiger partial charge < -0.3 is 5.11 Å². The summed E-state index contributed by atoms with van der Waals surface area (Å²) in [4.78, 5) is 10.4. The third-order valence-electron chi connectivity index (χ3n) is 4.14. The van der Waals surface area contributed by atoms with E-state index in [4.69, 9.17) is 5.11 Å². The van der Waals surface area contributed by atoms with Crippen molar-refractivity contribution in [1.29, 1.82) is 0 Å². The van der Waals surface area contributed by atoms with Gasteiger partial charge in [-0.1, -0.05) is 90.9 Å². The number of carboxylic acids is 1. The van der Waals surface area contributed by atoms with Gasteiger partial charge in [0.1, 0.15) is 0 Å². The van der Waals surface area contributed by atoms with Crippen LogP contribution >= 0.6 is 0 Å². The van der Waals surface area contributed by atoms with Crippen molar-refractivity contribution in [3.05, 3.63) is 0 Å². The van der Waals surface area contributed by atoms with Crippen molar-refractivity contribution in [3.8, 4) is 0 Å². The van der Waals surface area contributed by atoms with Gasteiger partial charge in [-0.05, 0) is 12.3 Å². The number of hydrogen-bond acceptors (Lipinski definition) is 1. The first-order valence-electron chi connectivity index (χ1n) is 8.88. The molecule has 0 radical (unpaired) electrons. The molecule has 1 unspecified atom stereocenters. The van der Waals surface area contributed by atoms with Gasteiger partial charge in [0.15, 0.2) is 0 Å². The van der Waals surface area contributed by atoms with E-state index in [-0.39, 0.29) is 0 Å². The molecule has 1 N–H and O–H groups in total. The number of unbranched alkanes of at least 4 members (excludes halogenated alkanes) is 9. The maximum Gasteiger partial charge on any atom is 0.303 e. The summed E-state index contributed by atoms with van der Waals surface area (Å²) in [6, 6.07) is 0. The quantitative estimate of drug-likeness (QED) is 0.364. The molecule has 2 heteroatoms. The van der Waals surface area contributed by atoms with Gasteiger partial charge in [0, 0.05) is 6.42 Å². The molecule has 0 aliphatic carbocycles. The van der Waals surface area contributed by atoms with Gasteiger partial charge in [0.25, 0.3) is 0 Å². The summed E-state index contributed by atoms with van der Waals surface area (Å²) < 4.78 is 0. The molecule has 0 aromatic heterocycles. The molecule has 0 rings (SSSR count). The molecule has 0 aliphatic heterocycles. The monoisotopic (exact) mass is 284 g/mol. The number of rotatable bonds is 15. The topological polar surface area (TPSA) is 37.3 Å². The Kier molecular flexibility index (Phi) is 14.5. The zero-order chi connectivity index (χ0) is 15.1. The van der Waals surface area contributed by atoms with Gasteiger partial charge in [-0.25, -0.2) is 0 Å². The van der Waals surface area contributed by atoms with Gasteiger partial charge in [0.05, 0.1) is 0 Å². The van der Waals surface area contributed by atoms with Crippen LogP contribution in [0.2, 0.25) is 0 Å². The average molecular weight is 284 g/mol. The van der Waals surface area contributed by atoms with Crippen molar-refractivity contribution in [2.24, 2.45) is 5.92 Å². The van der Waals surface area contributed by atoms with Crippen molar-refractivity contribution in [3.63, 3.8) is 0 Å². The van der Waals surface area contributed by atoms with Crippen LogP contribution in [0.3, 0.4) is 0 Å². The van der Waals surface area contributed by atoms with E-state index >= 15 is 0 Å². The van der Waals surface area contributed by atoms with Crippen molar-refractivity contribution in [2.45, 2.75) is 104 Å². The highest BCUT2D eigenvalue weighted by atomic mass is 16.4. The minimum Gasteiger partial charge on any atom is -0.481 e. The summed E-state index contributed by atoms with van der Waals surface area (Å²) in [5, 5.41) is 8.57. The zero-order valence-electron chi connectivity index (χ0n) is 13.8. The first kappa shape index (κ1) is 19.5. The lowest BCUT2D eigenvalue weighted by Gasteiger charge is -2.10. The highest BCUT2D eigenvalue weighted by molar-refractivity contribution is 5.66. The van der Waals surface area contributed by atoms with Crippen LogP contribution in [-0.4, -0.2) is 11.1 Å². The summed E-state index contributed by atoms with van der Waals surface area (Å²) in [6.45, 7) is 4.58. The molecule has 1 atom stereocenters. The summed E-state index contributed by atoms with van der Waals surface area (Å²) in [5.41, 5.74) is 0. The molecular weight excluding hydrogens is 248 g/mol. The van der Waals surface area contributed by atoms with Crippen LogP contribution in [0, 0.1) is 5.92 Å². The Bertz CT molecular complexity index is 213. The Morgan fingerprint density at radius 3 is 1.75 bits per heavy atom. The van der Waals surface area contributed by atoms with Crippen LogP contribution in [0.5, 0.6) is 0 Å². The van der Waals surface area contributed by atoms with E-state index in [0.717, 1.165) is 18.8 Å². The molecule has 0 saturated heterocycles. The minimum absolute atomic E-state index is 0.338. The van der Waals surface area contributed by atoms with E-state index in [1.165, 1.54) is 70.6 Å². The van der Waals surface area contributed by atoms with Crippen molar-refractivity contribution >= 4 is 5.97 Å². The lowest BCUT2D eigenvalue weighted by Crippen LogP contribution is -1.98. The fourth-order valence-corrected chi connectivity index (χ4v) is 2.72.